The highest BCUT2D eigenvalue weighted by Crippen LogP contribution is 2.29. The molecule has 2 aromatic heterocycles. The fourth-order valence-corrected chi connectivity index (χ4v) is 4.28. The van der Waals surface area contributed by atoms with Crippen LogP contribution in [0.4, 0.5) is 13.2 Å². The molecule has 5 rings (SSSR count). The molecule has 41 heavy (non-hydrogen) atoms. The highest BCUT2D eigenvalue weighted by Gasteiger charge is 2.51. The Morgan fingerprint density at radius 3 is 2.37 bits per heavy atom. The van der Waals surface area contributed by atoms with Gasteiger partial charge in [-0.25, -0.2) is 9.67 Å². The summed E-state index contributed by atoms with van der Waals surface area (Å²) in [5.41, 5.74) is 7.68. The lowest BCUT2D eigenvalue weighted by molar-refractivity contribution is -0.274. The van der Waals surface area contributed by atoms with E-state index in [-0.39, 0.29) is 17.8 Å². The van der Waals surface area contributed by atoms with Gasteiger partial charge in [-0.1, -0.05) is 42.5 Å². The zero-order valence-electron chi connectivity index (χ0n) is 21.1. The van der Waals surface area contributed by atoms with Crippen molar-refractivity contribution in [3.63, 3.8) is 0 Å². The molecule has 0 bridgehead atoms. The molecule has 0 saturated heterocycles. The minimum absolute atomic E-state index is 0.111. The molecule has 0 saturated carbocycles. The van der Waals surface area contributed by atoms with Gasteiger partial charge in [-0.05, 0) is 35.9 Å². The van der Waals surface area contributed by atoms with E-state index < -0.39 is 35.8 Å². The van der Waals surface area contributed by atoms with Crippen LogP contribution >= 0.6 is 0 Å². The number of carbonyl (C=O) groups is 2. The van der Waals surface area contributed by atoms with Gasteiger partial charge < -0.3 is 25.3 Å². The fourth-order valence-electron chi connectivity index (χ4n) is 4.28. The Morgan fingerprint density at radius 2 is 1.71 bits per heavy atom. The minimum atomic E-state index is -4.86. The van der Waals surface area contributed by atoms with Crippen molar-refractivity contribution in [2.45, 2.75) is 24.6 Å². The Kier molecular flexibility index (Phi) is 7.34. The molecule has 210 valence electrons. The molecule has 13 heteroatoms. The van der Waals surface area contributed by atoms with Gasteiger partial charge in [0.2, 0.25) is 0 Å². The molecule has 3 N–H and O–H groups in total. The molecule has 1 aliphatic heterocycles. The molecular weight excluding hydrogens is 543 g/mol. The van der Waals surface area contributed by atoms with Gasteiger partial charge in [0.05, 0.1) is 11.3 Å². The molecule has 0 aliphatic carbocycles. The predicted octanol–water partition coefficient (Wildman–Crippen LogP) is 3.87. The topological polar surface area (TPSA) is 131 Å². The van der Waals surface area contributed by atoms with Crippen LogP contribution < -0.4 is 15.8 Å². The summed E-state index contributed by atoms with van der Waals surface area (Å²) in [5.74, 6) is -4.04. The number of aromatic nitrogens is 3. The lowest BCUT2D eigenvalue weighted by Gasteiger charge is -2.33. The average Bonchev–Trinajstić information content (AvgIpc) is 3.65. The van der Waals surface area contributed by atoms with E-state index in [0.717, 1.165) is 30.2 Å². The molecule has 0 spiro atoms. The van der Waals surface area contributed by atoms with Gasteiger partial charge in [0.25, 0.3) is 5.91 Å². The van der Waals surface area contributed by atoms with Crippen LogP contribution in [0.2, 0.25) is 0 Å². The second kappa shape index (κ2) is 11.0. The molecule has 3 heterocycles. The zero-order valence-corrected chi connectivity index (χ0v) is 21.1. The molecular formula is C28H22F3N5O5. The standard InChI is InChI=1S/C28H22F3N5O5/c29-28(30,31)41-20-10-8-18(9-11-20)17-23(27(26(32)38)39-15-16-40-27)34-25(37)21-7-4-13-33-24(21)36-14-12-22(35-36)19-5-2-1-3-6-19/h1-16,23H,17H2,(H2,32,38)(H,34,37). The van der Waals surface area contributed by atoms with Crippen molar-refractivity contribution in [3.05, 3.63) is 109 Å². The number of carbonyl (C=O) groups excluding carboxylic acids is 2. The van der Waals surface area contributed by atoms with Crippen LogP contribution in [0, 0.1) is 0 Å². The number of nitrogens with zero attached hydrogens (tertiary/aromatic N) is 3. The minimum Gasteiger partial charge on any atom is -0.447 e. The van der Waals surface area contributed by atoms with Crippen LogP contribution in [-0.2, 0) is 20.7 Å². The molecule has 0 radical (unpaired) electrons. The van der Waals surface area contributed by atoms with E-state index in [2.05, 4.69) is 20.1 Å². The summed E-state index contributed by atoms with van der Waals surface area (Å²) in [7, 11) is 0. The number of primary amides is 1. The zero-order chi connectivity index (χ0) is 29.0. The quantitative estimate of drug-likeness (QED) is 0.315. The Morgan fingerprint density at radius 1 is 1.00 bits per heavy atom. The number of nitrogens with one attached hydrogen (secondary N) is 1. The molecule has 1 atom stereocenters. The third kappa shape index (κ3) is 5.98. The van der Waals surface area contributed by atoms with Gasteiger partial charge in [-0.2, -0.15) is 5.10 Å². The maximum atomic E-state index is 13.6. The second-order valence-electron chi connectivity index (χ2n) is 8.85. The smallest absolute Gasteiger partial charge is 0.447 e. The lowest BCUT2D eigenvalue weighted by Crippen LogP contribution is -2.61. The number of halogens is 3. The van der Waals surface area contributed by atoms with Crippen molar-refractivity contribution >= 4 is 11.8 Å². The molecule has 2 amide bonds. The van der Waals surface area contributed by atoms with Crippen LogP contribution in [0.1, 0.15) is 15.9 Å². The van der Waals surface area contributed by atoms with Gasteiger partial charge in [0.15, 0.2) is 5.82 Å². The Hall–Kier alpha value is -5.33. The van der Waals surface area contributed by atoms with Gasteiger partial charge in [-0.15, -0.1) is 13.2 Å². The van der Waals surface area contributed by atoms with E-state index in [9.17, 15) is 22.8 Å². The molecule has 1 aliphatic rings. The van der Waals surface area contributed by atoms with Crippen LogP contribution in [0.5, 0.6) is 5.75 Å². The van der Waals surface area contributed by atoms with E-state index in [1.807, 2.05) is 30.3 Å². The highest BCUT2D eigenvalue weighted by atomic mass is 19.4. The van der Waals surface area contributed by atoms with E-state index >= 15 is 0 Å². The SMILES string of the molecule is NC(=O)C1(C(Cc2ccc(OC(F)(F)F)cc2)NC(=O)c2cccnc2-n2ccc(-c3ccccc3)n2)OC=CO1. The van der Waals surface area contributed by atoms with Crippen LogP contribution in [0.15, 0.2) is 97.7 Å². The van der Waals surface area contributed by atoms with Crippen LogP contribution in [0.25, 0.3) is 17.1 Å². The number of hydrogen-bond acceptors (Lipinski definition) is 7. The van der Waals surface area contributed by atoms with E-state index in [1.165, 1.54) is 29.1 Å². The van der Waals surface area contributed by atoms with Crippen molar-refractivity contribution < 1.29 is 37.0 Å². The first-order valence-electron chi connectivity index (χ1n) is 12.2. The number of rotatable bonds is 9. The lowest BCUT2D eigenvalue weighted by atomic mass is 9.97. The number of benzene rings is 2. The first kappa shape index (κ1) is 27.2. The second-order valence-corrected chi connectivity index (χ2v) is 8.85. The molecule has 10 nitrogen and oxygen atoms in total. The van der Waals surface area contributed by atoms with Gasteiger partial charge >= 0.3 is 18.1 Å². The van der Waals surface area contributed by atoms with Crippen molar-refractivity contribution in [3.8, 4) is 22.8 Å². The summed E-state index contributed by atoms with van der Waals surface area (Å²) in [6.45, 7) is 0. The van der Waals surface area contributed by atoms with E-state index in [1.54, 1.807) is 18.3 Å². The van der Waals surface area contributed by atoms with E-state index in [0.29, 0.717) is 11.3 Å². The molecule has 0 fully saturated rings. The summed E-state index contributed by atoms with van der Waals surface area (Å²) in [5, 5.41) is 7.27. The summed E-state index contributed by atoms with van der Waals surface area (Å²) in [6.07, 6.45) is 0.391. The number of pyridine rings is 1. The molecule has 1 unspecified atom stereocenters. The Labute approximate surface area is 231 Å². The third-order valence-electron chi connectivity index (χ3n) is 6.15. The van der Waals surface area contributed by atoms with Gasteiger partial charge in [0.1, 0.15) is 24.3 Å². The third-order valence-corrected chi connectivity index (χ3v) is 6.15. The summed E-state index contributed by atoms with van der Waals surface area (Å²) >= 11 is 0. The highest BCUT2D eigenvalue weighted by molar-refractivity contribution is 5.98. The largest absolute Gasteiger partial charge is 0.573 e. The van der Waals surface area contributed by atoms with Crippen molar-refractivity contribution in [1.82, 2.24) is 20.1 Å². The Bertz CT molecular complexity index is 1560. The maximum Gasteiger partial charge on any atom is 0.573 e. The summed E-state index contributed by atoms with van der Waals surface area (Å²) < 4.78 is 53.9. The van der Waals surface area contributed by atoms with Crippen LogP contribution in [-0.4, -0.2) is 44.8 Å². The summed E-state index contributed by atoms with van der Waals surface area (Å²) in [6, 6.07) is 18.0. The Balaban J connectivity index is 1.43. The summed E-state index contributed by atoms with van der Waals surface area (Å²) in [4.78, 5) is 30.5. The molecule has 4 aromatic rings. The average molecular weight is 566 g/mol. The number of nitrogens with two attached hydrogens (primary N) is 1. The first-order valence-corrected chi connectivity index (χ1v) is 12.2. The van der Waals surface area contributed by atoms with Crippen molar-refractivity contribution in [1.29, 1.82) is 0 Å². The van der Waals surface area contributed by atoms with Crippen LogP contribution in [0.3, 0.4) is 0 Å². The van der Waals surface area contributed by atoms with E-state index in [4.69, 9.17) is 15.2 Å². The number of alkyl halides is 3. The first-order chi connectivity index (χ1) is 19.6. The number of hydrogen-bond donors (Lipinski definition) is 2. The van der Waals surface area contributed by atoms with Crippen molar-refractivity contribution in [2.24, 2.45) is 5.73 Å². The molecule has 2 aromatic carbocycles. The normalized spacial score (nSPS) is 14.5. The monoisotopic (exact) mass is 565 g/mol. The number of ether oxygens (including phenoxy) is 3. The van der Waals surface area contributed by atoms with Gasteiger partial charge in [-0.3, -0.25) is 9.59 Å². The fraction of sp³-hybridized carbons (Fsp3) is 0.143. The van der Waals surface area contributed by atoms with Crippen molar-refractivity contribution in [2.75, 3.05) is 0 Å². The number of amides is 2. The maximum absolute atomic E-state index is 13.6. The van der Waals surface area contributed by atoms with Gasteiger partial charge in [0, 0.05) is 24.4 Å². The predicted molar refractivity (Wildman–Crippen MR) is 138 cm³/mol.